The van der Waals surface area contributed by atoms with Gasteiger partial charge in [0.1, 0.15) is 34.5 Å². The summed E-state index contributed by atoms with van der Waals surface area (Å²) in [7, 11) is 1.65. The molecule has 1 amide bonds. The fourth-order valence-electron chi connectivity index (χ4n) is 3.98. The highest BCUT2D eigenvalue weighted by Crippen LogP contribution is 2.34. The Morgan fingerprint density at radius 3 is 2.28 bits per heavy atom. The second-order valence-corrected chi connectivity index (χ2v) is 11.1. The maximum absolute atomic E-state index is 12.1. The summed E-state index contributed by atoms with van der Waals surface area (Å²) in [5.41, 5.74) is 1.93. The molecular weight excluding hydrogens is 613 g/mol. The Morgan fingerprint density at radius 2 is 1.67 bits per heavy atom. The molecule has 4 aromatic rings. The van der Waals surface area contributed by atoms with Gasteiger partial charge in [-0.3, -0.25) is 0 Å². The van der Waals surface area contributed by atoms with Gasteiger partial charge >= 0.3 is 12.1 Å². The number of aliphatic carboxylic acids is 1. The van der Waals surface area contributed by atoms with Crippen molar-refractivity contribution in [1.82, 2.24) is 14.9 Å². The number of nitrogens with one attached hydrogen (secondary N) is 1. The Labute approximate surface area is 240 Å². The first-order valence-corrected chi connectivity index (χ1v) is 13.4. The third kappa shape index (κ3) is 7.41. The molecular formula is C29H30IN3O6. The van der Waals surface area contributed by atoms with E-state index in [0.717, 1.165) is 31.5 Å². The molecule has 0 aliphatic rings. The van der Waals surface area contributed by atoms with E-state index in [1.165, 1.54) is 0 Å². The van der Waals surface area contributed by atoms with Crippen LogP contribution in [0, 0.1) is 3.57 Å². The zero-order valence-electron chi connectivity index (χ0n) is 22.1. The van der Waals surface area contributed by atoms with Crippen LogP contribution in [0.3, 0.4) is 0 Å². The fourth-order valence-corrected chi connectivity index (χ4v) is 4.82. The summed E-state index contributed by atoms with van der Waals surface area (Å²) < 4.78 is 19.7. The average Bonchev–Trinajstić information content (AvgIpc) is 3.20. The molecule has 0 saturated heterocycles. The monoisotopic (exact) mass is 643 g/mol. The third-order valence-corrected chi connectivity index (χ3v) is 6.58. The zero-order chi connectivity index (χ0) is 28.2. The molecule has 9 nitrogen and oxygen atoms in total. The van der Waals surface area contributed by atoms with Crippen LogP contribution in [0.5, 0.6) is 17.2 Å². The SMILES string of the molecule is COc1ccc(Cn2cc(I)c3c(Oc4ccc(CC(NC(=O)OC(C)(C)C)C(=O)O)cc4)ccnc32)cc1. The molecule has 2 aromatic carbocycles. The molecule has 2 N–H and O–H groups in total. The highest BCUT2D eigenvalue weighted by molar-refractivity contribution is 14.1. The minimum absolute atomic E-state index is 0.0977. The molecule has 1 atom stereocenters. The number of carboxylic acids is 1. The van der Waals surface area contributed by atoms with Crippen molar-refractivity contribution >= 4 is 45.7 Å². The van der Waals surface area contributed by atoms with Crippen LogP contribution in [0.1, 0.15) is 31.9 Å². The Bertz CT molecular complexity index is 1460. The van der Waals surface area contributed by atoms with Crippen molar-refractivity contribution in [2.75, 3.05) is 7.11 Å². The molecule has 0 radical (unpaired) electrons. The van der Waals surface area contributed by atoms with Crippen LogP contribution in [-0.2, 0) is 22.5 Å². The van der Waals surface area contributed by atoms with Gasteiger partial charge in [0.25, 0.3) is 0 Å². The van der Waals surface area contributed by atoms with Crippen molar-refractivity contribution in [3.8, 4) is 17.2 Å². The number of aromatic nitrogens is 2. The Balaban J connectivity index is 1.48. The first-order chi connectivity index (χ1) is 18.5. The molecule has 2 heterocycles. The molecule has 10 heteroatoms. The maximum Gasteiger partial charge on any atom is 0.408 e. The molecule has 204 valence electrons. The standard InChI is InChI=1S/C29H30IN3O6/c1-29(2,3)39-28(36)32-23(27(34)35)15-18-5-11-21(12-6-18)38-24-13-14-31-26-25(24)22(30)17-33(26)16-19-7-9-20(37-4)10-8-19/h5-14,17,23H,15-16H2,1-4H3,(H,32,36)(H,34,35). The first-order valence-electron chi connectivity index (χ1n) is 12.3. The highest BCUT2D eigenvalue weighted by atomic mass is 127. The molecule has 0 bridgehead atoms. The van der Waals surface area contributed by atoms with E-state index in [1.807, 2.05) is 36.5 Å². The van der Waals surface area contributed by atoms with E-state index in [1.54, 1.807) is 58.3 Å². The number of ether oxygens (including phenoxy) is 3. The number of carbonyl (C=O) groups excluding carboxylic acids is 1. The van der Waals surface area contributed by atoms with Crippen LogP contribution in [0.2, 0.25) is 0 Å². The summed E-state index contributed by atoms with van der Waals surface area (Å²) >= 11 is 2.28. The second-order valence-electron chi connectivity index (χ2n) is 9.95. The maximum atomic E-state index is 12.1. The van der Waals surface area contributed by atoms with Crippen LogP contribution in [0.4, 0.5) is 4.79 Å². The van der Waals surface area contributed by atoms with E-state index < -0.39 is 23.7 Å². The number of hydrogen-bond donors (Lipinski definition) is 2. The van der Waals surface area contributed by atoms with Crippen molar-refractivity contribution in [3.05, 3.63) is 81.7 Å². The smallest absolute Gasteiger partial charge is 0.408 e. The van der Waals surface area contributed by atoms with Crippen molar-refractivity contribution in [2.24, 2.45) is 0 Å². The van der Waals surface area contributed by atoms with Crippen LogP contribution < -0.4 is 14.8 Å². The number of methoxy groups -OCH3 is 1. The first kappa shape index (κ1) is 28.2. The Kier molecular flexibility index (Phi) is 8.63. The van der Waals surface area contributed by atoms with Crippen LogP contribution in [0.25, 0.3) is 11.0 Å². The van der Waals surface area contributed by atoms with E-state index in [4.69, 9.17) is 14.2 Å². The number of benzene rings is 2. The summed E-state index contributed by atoms with van der Waals surface area (Å²) in [6.07, 6.45) is 3.08. The molecule has 2 aromatic heterocycles. The van der Waals surface area contributed by atoms with Gasteiger partial charge in [-0.25, -0.2) is 14.6 Å². The van der Waals surface area contributed by atoms with Gasteiger partial charge in [-0.2, -0.15) is 0 Å². The van der Waals surface area contributed by atoms with Gasteiger partial charge in [-0.15, -0.1) is 0 Å². The quantitative estimate of drug-likeness (QED) is 0.215. The van der Waals surface area contributed by atoms with Gasteiger partial charge in [0.15, 0.2) is 0 Å². The number of carboxylic acid groups (broad SMARTS) is 1. The molecule has 0 fully saturated rings. The third-order valence-electron chi connectivity index (χ3n) is 5.76. The van der Waals surface area contributed by atoms with Gasteiger partial charge in [-0.05, 0) is 84.8 Å². The van der Waals surface area contributed by atoms with E-state index >= 15 is 0 Å². The van der Waals surface area contributed by atoms with Crippen LogP contribution in [-0.4, -0.2) is 45.5 Å². The number of amides is 1. The lowest BCUT2D eigenvalue weighted by Gasteiger charge is -2.22. The average molecular weight is 643 g/mol. The number of carbonyl (C=O) groups is 2. The van der Waals surface area contributed by atoms with Crippen molar-refractivity contribution in [3.63, 3.8) is 0 Å². The lowest BCUT2D eigenvalue weighted by atomic mass is 10.1. The van der Waals surface area contributed by atoms with Crippen molar-refractivity contribution in [1.29, 1.82) is 0 Å². The summed E-state index contributed by atoms with van der Waals surface area (Å²) in [6, 6.07) is 15.7. The van der Waals surface area contributed by atoms with Crippen LogP contribution >= 0.6 is 22.6 Å². The van der Waals surface area contributed by atoms with E-state index in [-0.39, 0.29) is 6.42 Å². The number of nitrogens with zero attached hydrogens (tertiary/aromatic N) is 2. The largest absolute Gasteiger partial charge is 0.497 e. The normalized spacial score (nSPS) is 12.1. The molecule has 0 aliphatic heterocycles. The Morgan fingerprint density at radius 1 is 1.03 bits per heavy atom. The second kappa shape index (κ2) is 11.9. The van der Waals surface area contributed by atoms with E-state index in [0.29, 0.717) is 18.0 Å². The van der Waals surface area contributed by atoms with Crippen molar-refractivity contribution < 1.29 is 28.9 Å². The van der Waals surface area contributed by atoms with Gasteiger partial charge in [0.05, 0.1) is 12.5 Å². The predicted molar refractivity (Wildman–Crippen MR) is 156 cm³/mol. The highest BCUT2D eigenvalue weighted by Gasteiger charge is 2.24. The number of alkyl carbamates (subject to hydrolysis) is 1. The minimum atomic E-state index is -1.14. The molecule has 1 unspecified atom stereocenters. The number of halogens is 1. The molecule has 39 heavy (non-hydrogen) atoms. The van der Waals surface area contributed by atoms with Gasteiger partial charge < -0.3 is 29.2 Å². The summed E-state index contributed by atoms with van der Waals surface area (Å²) in [4.78, 5) is 28.4. The molecule has 0 aliphatic carbocycles. The van der Waals surface area contributed by atoms with E-state index in [9.17, 15) is 14.7 Å². The van der Waals surface area contributed by atoms with Crippen molar-refractivity contribution in [2.45, 2.75) is 45.4 Å². The zero-order valence-corrected chi connectivity index (χ0v) is 24.3. The van der Waals surface area contributed by atoms with Gasteiger partial charge in [-0.1, -0.05) is 24.3 Å². The van der Waals surface area contributed by atoms with Gasteiger partial charge in [0.2, 0.25) is 0 Å². The summed E-state index contributed by atoms with van der Waals surface area (Å²) in [5, 5.41) is 12.9. The summed E-state index contributed by atoms with van der Waals surface area (Å²) in [5.74, 6) is 0.926. The lowest BCUT2D eigenvalue weighted by Crippen LogP contribution is -2.44. The number of rotatable bonds is 9. The predicted octanol–water partition coefficient (Wildman–Crippen LogP) is 6.01. The molecule has 4 rings (SSSR count). The fraction of sp³-hybridized carbons (Fsp3) is 0.276. The lowest BCUT2D eigenvalue weighted by molar-refractivity contribution is -0.139. The molecule has 0 spiro atoms. The number of fused-ring (bicyclic) bond motifs is 1. The Hall–Kier alpha value is -3.80. The molecule has 0 saturated carbocycles. The van der Waals surface area contributed by atoms with Gasteiger partial charge in [0, 0.05) is 28.9 Å². The number of hydrogen-bond acceptors (Lipinski definition) is 6. The number of pyridine rings is 1. The minimum Gasteiger partial charge on any atom is -0.497 e. The van der Waals surface area contributed by atoms with Crippen LogP contribution in [0.15, 0.2) is 67.0 Å². The topological polar surface area (TPSA) is 112 Å². The summed E-state index contributed by atoms with van der Waals surface area (Å²) in [6.45, 7) is 5.80. The van der Waals surface area contributed by atoms with E-state index in [2.05, 4.69) is 37.5 Å².